The summed E-state index contributed by atoms with van der Waals surface area (Å²) in [4.78, 5) is 26.3. The molecule has 1 saturated heterocycles. The van der Waals surface area contributed by atoms with Crippen molar-refractivity contribution in [2.24, 2.45) is 0 Å². The van der Waals surface area contributed by atoms with Crippen molar-refractivity contribution in [3.05, 3.63) is 24.3 Å². The molecule has 0 unspecified atom stereocenters. The lowest BCUT2D eigenvalue weighted by Gasteiger charge is -2.29. The van der Waals surface area contributed by atoms with Gasteiger partial charge in [-0.05, 0) is 38.1 Å². The zero-order valence-electron chi connectivity index (χ0n) is 17.2. The second-order valence-corrected chi connectivity index (χ2v) is 7.45. The third kappa shape index (κ3) is 8.14. The van der Waals surface area contributed by atoms with Gasteiger partial charge in [-0.1, -0.05) is 0 Å². The third-order valence-electron chi connectivity index (χ3n) is 4.75. The summed E-state index contributed by atoms with van der Waals surface area (Å²) < 4.78 is 10.9. The molecule has 1 heterocycles. The molecule has 1 aliphatic rings. The first-order valence-electron chi connectivity index (χ1n) is 9.96. The van der Waals surface area contributed by atoms with Crippen LogP contribution in [0.25, 0.3) is 0 Å². The summed E-state index contributed by atoms with van der Waals surface area (Å²) in [6.45, 7) is 9.80. The van der Waals surface area contributed by atoms with E-state index in [4.69, 9.17) is 9.47 Å². The number of hydrogen-bond acceptors (Lipinski definition) is 4. The number of amides is 2. The van der Waals surface area contributed by atoms with Gasteiger partial charge in [0.15, 0.2) is 6.54 Å². The Morgan fingerprint density at radius 3 is 2.21 bits per heavy atom. The number of quaternary nitrogens is 2. The quantitative estimate of drug-likeness (QED) is 0.353. The van der Waals surface area contributed by atoms with Gasteiger partial charge in [0.1, 0.15) is 50.8 Å². The minimum Gasteiger partial charge on any atom is -0.497 e. The van der Waals surface area contributed by atoms with Crippen molar-refractivity contribution in [3.63, 3.8) is 0 Å². The number of benzene rings is 1. The number of carbonyl (C=O) groups excluding carboxylic acids is 2. The van der Waals surface area contributed by atoms with Gasteiger partial charge in [0.25, 0.3) is 5.91 Å². The fourth-order valence-corrected chi connectivity index (χ4v) is 3.21. The molecule has 0 radical (unpaired) electrons. The molecular weight excluding hydrogens is 360 g/mol. The number of methoxy groups -OCH3 is 1. The van der Waals surface area contributed by atoms with Crippen LogP contribution in [0, 0.1) is 0 Å². The Hall–Kier alpha value is -2.32. The Kier molecular flexibility index (Phi) is 9.03. The molecule has 0 spiro atoms. The number of hydrogen-bond donors (Lipinski definition) is 4. The van der Waals surface area contributed by atoms with E-state index < -0.39 is 0 Å². The summed E-state index contributed by atoms with van der Waals surface area (Å²) in [5.41, 5.74) is 0. The van der Waals surface area contributed by atoms with Crippen molar-refractivity contribution in [2.45, 2.75) is 19.9 Å². The molecule has 1 aromatic carbocycles. The van der Waals surface area contributed by atoms with Crippen LogP contribution in [0.3, 0.4) is 0 Å². The van der Waals surface area contributed by atoms with Crippen LogP contribution in [0.2, 0.25) is 0 Å². The zero-order valence-corrected chi connectivity index (χ0v) is 17.2. The second-order valence-electron chi connectivity index (χ2n) is 7.45. The van der Waals surface area contributed by atoms with Crippen LogP contribution >= 0.6 is 0 Å². The largest absolute Gasteiger partial charge is 0.497 e. The maximum absolute atomic E-state index is 12.0. The number of carbonyl (C=O) groups is 2. The van der Waals surface area contributed by atoms with Crippen LogP contribution in [-0.4, -0.2) is 77.4 Å². The lowest BCUT2D eigenvalue weighted by atomic mass is 10.3. The van der Waals surface area contributed by atoms with E-state index in [1.807, 2.05) is 38.1 Å². The van der Waals surface area contributed by atoms with Crippen molar-refractivity contribution in [1.29, 1.82) is 0 Å². The highest BCUT2D eigenvalue weighted by atomic mass is 16.5. The molecule has 4 N–H and O–H groups in total. The highest BCUT2D eigenvalue weighted by Crippen LogP contribution is 2.16. The maximum Gasteiger partial charge on any atom is 0.275 e. The minimum absolute atomic E-state index is 0.0460. The first-order chi connectivity index (χ1) is 13.5. The molecule has 8 heteroatoms. The number of ether oxygens (including phenoxy) is 2. The SMILES string of the molecule is COc1ccc(OCC[NH+]2CC[NH+](CC(=O)NCC(=O)NC(C)C)CC2)cc1. The molecule has 0 aromatic heterocycles. The highest BCUT2D eigenvalue weighted by Gasteiger charge is 2.24. The van der Waals surface area contributed by atoms with Crippen molar-refractivity contribution in [3.8, 4) is 11.5 Å². The van der Waals surface area contributed by atoms with Gasteiger partial charge < -0.3 is 29.9 Å². The fraction of sp³-hybridized carbons (Fsp3) is 0.600. The second kappa shape index (κ2) is 11.5. The van der Waals surface area contributed by atoms with Crippen LogP contribution in [0.5, 0.6) is 11.5 Å². The normalized spacial score (nSPS) is 19.1. The summed E-state index contributed by atoms with van der Waals surface area (Å²) in [5, 5.41) is 5.46. The minimum atomic E-state index is -0.149. The van der Waals surface area contributed by atoms with E-state index in [2.05, 4.69) is 10.6 Å². The first-order valence-corrected chi connectivity index (χ1v) is 9.96. The van der Waals surface area contributed by atoms with Gasteiger partial charge in [-0.15, -0.1) is 0 Å². The van der Waals surface area contributed by atoms with Crippen LogP contribution in [0.4, 0.5) is 0 Å². The standard InChI is InChI=1S/C20H32N4O4/c1-16(2)22-19(25)14-21-20(26)15-24-10-8-23(9-11-24)12-13-28-18-6-4-17(27-3)5-7-18/h4-7,16H,8-15H2,1-3H3,(H,21,26)(H,22,25)/p+2. The molecule has 28 heavy (non-hydrogen) atoms. The van der Waals surface area contributed by atoms with Gasteiger partial charge in [0, 0.05) is 6.04 Å². The first kappa shape index (κ1) is 22.0. The van der Waals surface area contributed by atoms with E-state index in [0.29, 0.717) is 13.2 Å². The average Bonchev–Trinajstić information content (AvgIpc) is 2.68. The molecule has 8 nitrogen and oxygen atoms in total. The lowest BCUT2D eigenvalue weighted by Crippen LogP contribution is -3.28. The smallest absolute Gasteiger partial charge is 0.275 e. The molecule has 1 aromatic rings. The van der Waals surface area contributed by atoms with E-state index in [0.717, 1.165) is 44.2 Å². The summed E-state index contributed by atoms with van der Waals surface area (Å²) in [7, 11) is 1.65. The maximum atomic E-state index is 12.0. The molecular formula is C20H34N4O4+2. The number of piperazine rings is 1. The van der Waals surface area contributed by atoms with Crippen LogP contribution in [-0.2, 0) is 9.59 Å². The molecule has 1 fully saturated rings. The molecule has 2 amide bonds. The van der Waals surface area contributed by atoms with Crippen molar-refractivity contribution < 1.29 is 28.9 Å². The van der Waals surface area contributed by atoms with Crippen LogP contribution in [0.1, 0.15) is 13.8 Å². The molecule has 156 valence electrons. The van der Waals surface area contributed by atoms with Gasteiger partial charge in [0.2, 0.25) is 5.91 Å². The summed E-state index contributed by atoms with van der Waals surface area (Å²) >= 11 is 0. The lowest BCUT2D eigenvalue weighted by molar-refractivity contribution is -1.01. The van der Waals surface area contributed by atoms with Crippen molar-refractivity contribution in [1.82, 2.24) is 10.6 Å². The highest BCUT2D eigenvalue weighted by molar-refractivity contribution is 5.85. The molecule has 0 saturated carbocycles. The summed E-state index contributed by atoms with van der Waals surface area (Å²) in [5.74, 6) is 1.45. The van der Waals surface area contributed by atoms with Gasteiger partial charge >= 0.3 is 0 Å². The zero-order chi connectivity index (χ0) is 20.4. The molecule has 1 aliphatic heterocycles. The van der Waals surface area contributed by atoms with E-state index in [9.17, 15) is 9.59 Å². The van der Waals surface area contributed by atoms with Crippen molar-refractivity contribution >= 4 is 11.8 Å². The average molecular weight is 395 g/mol. The van der Waals surface area contributed by atoms with Crippen molar-refractivity contribution in [2.75, 3.05) is 59.5 Å². The van der Waals surface area contributed by atoms with Gasteiger partial charge in [-0.2, -0.15) is 0 Å². The van der Waals surface area contributed by atoms with E-state index >= 15 is 0 Å². The third-order valence-corrected chi connectivity index (χ3v) is 4.75. The van der Waals surface area contributed by atoms with E-state index in [1.165, 1.54) is 9.80 Å². The topological polar surface area (TPSA) is 85.5 Å². The molecule has 0 atom stereocenters. The number of nitrogens with one attached hydrogen (secondary N) is 4. The Morgan fingerprint density at radius 1 is 1.00 bits per heavy atom. The van der Waals surface area contributed by atoms with E-state index in [1.54, 1.807) is 7.11 Å². The van der Waals surface area contributed by atoms with Gasteiger partial charge in [-0.25, -0.2) is 0 Å². The molecule has 0 aliphatic carbocycles. The van der Waals surface area contributed by atoms with E-state index in [-0.39, 0.29) is 24.4 Å². The van der Waals surface area contributed by atoms with Gasteiger partial charge in [0.05, 0.1) is 13.7 Å². The van der Waals surface area contributed by atoms with Crippen LogP contribution < -0.4 is 29.9 Å². The van der Waals surface area contributed by atoms with Crippen LogP contribution in [0.15, 0.2) is 24.3 Å². The summed E-state index contributed by atoms with van der Waals surface area (Å²) in [6.07, 6.45) is 0. The summed E-state index contributed by atoms with van der Waals surface area (Å²) in [6, 6.07) is 7.69. The monoisotopic (exact) mass is 394 g/mol. The Morgan fingerprint density at radius 2 is 1.61 bits per heavy atom. The predicted octanol–water partition coefficient (Wildman–Crippen LogP) is -2.50. The predicted molar refractivity (Wildman–Crippen MR) is 106 cm³/mol. The fourth-order valence-electron chi connectivity index (χ4n) is 3.21. The Bertz CT molecular complexity index is 613. The molecule has 2 rings (SSSR count). The van der Waals surface area contributed by atoms with Gasteiger partial charge in [-0.3, -0.25) is 9.59 Å². The molecule has 0 bridgehead atoms. The Labute approximate surface area is 167 Å². The Balaban J connectivity index is 1.57. The number of rotatable bonds is 10.